The fourth-order valence-electron chi connectivity index (χ4n) is 2.62. The van der Waals surface area contributed by atoms with Crippen LogP contribution in [-0.4, -0.2) is 19.2 Å². The van der Waals surface area contributed by atoms with Crippen molar-refractivity contribution in [3.63, 3.8) is 0 Å². The predicted molar refractivity (Wildman–Crippen MR) is 91.2 cm³/mol. The van der Waals surface area contributed by atoms with Gasteiger partial charge in [0, 0.05) is 18.7 Å². The van der Waals surface area contributed by atoms with Gasteiger partial charge in [0.2, 0.25) is 6.54 Å². The number of benzene rings is 1. The molecule has 0 unspecified atom stereocenters. The summed E-state index contributed by atoms with van der Waals surface area (Å²) in [7, 11) is 0. The Balaban J connectivity index is 0.00000288. The lowest BCUT2D eigenvalue weighted by Crippen LogP contribution is -3.00. The molecule has 2 aromatic rings. The average Bonchev–Trinajstić information content (AvgIpc) is 2.57. The van der Waals surface area contributed by atoms with Crippen LogP contribution in [0, 0.1) is 6.92 Å². The quantitative estimate of drug-likeness (QED) is 0.516. The number of carbonyl (C=O) groups is 1. The van der Waals surface area contributed by atoms with Gasteiger partial charge in [-0.05, 0) is 31.4 Å². The Morgan fingerprint density at radius 3 is 2.46 bits per heavy atom. The Bertz CT molecular complexity index is 647. The number of pyridine rings is 1. The van der Waals surface area contributed by atoms with Crippen molar-refractivity contribution >= 4 is 11.6 Å². The molecule has 2 rings (SSSR count). The minimum Gasteiger partial charge on any atom is -1.00 e. The van der Waals surface area contributed by atoms with Crippen LogP contribution in [0.15, 0.2) is 48.8 Å². The molecule has 24 heavy (non-hydrogen) atoms. The molecule has 5 heteroatoms. The number of carbonyl (C=O) groups excluding carboxylic acids is 1. The summed E-state index contributed by atoms with van der Waals surface area (Å²) in [6.45, 7) is 7.23. The van der Waals surface area contributed by atoms with Gasteiger partial charge in [0.15, 0.2) is 12.4 Å². The van der Waals surface area contributed by atoms with Gasteiger partial charge in [-0.1, -0.05) is 31.2 Å². The first kappa shape index (κ1) is 20.1. The maximum absolute atomic E-state index is 12.9. The standard InChI is InChI=1S/C19H25N2O2.ClH/c1-4-17-11-9-10-16(3)19(17)21(15-23-5-2)18(22)14-20-12-7-6-8-13-20;/h6-13H,4-5,14-15H2,1-3H3;1H/q+1;/p-1. The molecular weight excluding hydrogens is 324 g/mol. The molecule has 1 aromatic heterocycles. The molecule has 1 amide bonds. The number of anilines is 1. The molecule has 0 saturated carbocycles. The van der Waals surface area contributed by atoms with Crippen molar-refractivity contribution in [2.24, 2.45) is 0 Å². The smallest absolute Gasteiger partial charge is 0.294 e. The minimum atomic E-state index is 0. The van der Waals surface area contributed by atoms with Gasteiger partial charge in [-0.25, -0.2) is 0 Å². The molecule has 4 nitrogen and oxygen atoms in total. The molecule has 0 aliphatic carbocycles. The van der Waals surface area contributed by atoms with Crippen molar-refractivity contribution in [3.8, 4) is 0 Å². The molecule has 130 valence electrons. The Hall–Kier alpha value is -1.91. The van der Waals surface area contributed by atoms with Crippen LogP contribution in [0.4, 0.5) is 5.69 Å². The summed E-state index contributed by atoms with van der Waals surface area (Å²) in [6.07, 6.45) is 4.68. The third-order valence-corrected chi connectivity index (χ3v) is 3.79. The number of halogens is 1. The molecule has 1 aromatic carbocycles. The minimum absolute atomic E-state index is 0. The van der Waals surface area contributed by atoms with Crippen molar-refractivity contribution in [3.05, 3.63) is 59.9 Å². The maximum Gasteiger partial charge on any atom is 0.294 e. The van der Waals surface area contributed by atoms with Crippen molar-refractivity contribution < 1.29 is 26.5 Å². The second-order valence-corrected chi connectivity index (χ2v) is 5.43. The number of nitrogens with zero attached hydrogens (tertiary/aromatic N) is 2. The van der Waals surface area contributed by atoms with Crippen molar-refractivity contribution in [1.82, 2.24) is 0 Å². The lowest BCUT2D eigenvalue weighted by molar-refractivity contribution is -0.684. The fourth-order valence-corrected chi connectivity index (χ4v) is 2.62. The van der Waals surface area contributed by atoms with Crippen LogP contribution in [-0.2, 0) is 22.5 Å². The molecular formula is C19H25ClN2O2. The van der Waals surface area contributed by atoms with Crippen molar-refractivity contribution in [2.75, 3.05) is 18.2 Å². The largest absolute Gasteiger partial charge is 1.00 e. The van der Waals surface area contributed by atoms with Gasteiger partial charge < -0.3 is 17.1 Å². The number of hydrogen-bond donors (Lipinski definition) is 0. The van der Waals surface area contributed by atoms with E-state index in [0.29, 0.717) is 13.2 Å². The van der Waals surface area contributed by atoms with Crippen molar-refractivity contribution in [1.29, 1.82) is 0 Å². The topological polar surface area (TPSA) is 33.4 Å². The third-order valence-electron chi connectivity index (χ3n) is 3.79. The second-order valence-electron chi connectivity index (χ2n) is 5.43. The lowest BCUT2D eigenvalue weighted by Gasteiger charge is -2.25. The Morgan fingerprint density at radius 2 is 1.83 bits per heavy atom. The zero-order valence-corrected chi connectivity index (χ0v) is 15.3. The Kier molecular flexibility index (Phi) is 8.44. The van der Waals surface area contributed by atoms with E-state index in [-0.39, 0.29) is 25.0 Å². The van der Waals surface area contributed by atoms with Crippen molar-refractivity contribution in [2.45, 2.75) is 33.7 Å². The van der Waals surface area contributed by atoms with Crippen LogP contribution in [0.2, 0.25) is 0 Å². The van der Waals surface area contributed by atoms with E-state index in [2.05, 4.69) is 13.0 Å². The first-order valence-corrected chi connectivity index (χ1v) is 8.08. The number of aryl methyl sites for hydroxylation is 2. The van der Waals surface area contributed by atoms with Crippen LogP contribution < -0.4 is 21.9 Å². The molecule has 0 N–H and O–H groups in total. The monoisotopic (exact) mass is 348 g/mol. The van der Waals surface area contributed by atoms with Gasteiger partial charge in [-0.2, -0.15) is 4.57 Å². The van der Waals surface area contributed by atoms with E-state index in [4.69, 9.17) is 4.74 Å². The number of hydrogen-bond acceptors (Lipinski definition) is 2. The van der Waals surface area contributed by atoms with Crippen LogP contribution in [0.25, 0.3) is 0 Å². The average molecular weight is 349 g/mol. The van der Waals surface area contributed by atoms with Gasteiger partial charge in [0.05, 0.1) is 5.69 Å². The highest BCUT2D eigenvalue weighted by molar-refractivity contribution is 5.93. The predicted octanol–water partition coefficient (Wildman–Crippen LogP) is -0.124. The molecule has 0 radical (unpaired) electrons. The van der Waals surface area contributed by atoms with E-state index in [1.54, 1.807) is 4.90 Å². The molecule has 0 fully saturated rings. The number of rotatable bonds is 7. The molecule has 0 atom stereocenters. The van der Waals surface area contributed by atoms with E-state index < -0.39 is 0 Å². The number of ether oxygens (including phenoxy) is 1. The maximum atomic E-state index is 12.9. The second kappa shape index (κ2) is 10.1. The molecule has 0 spiro atoms. The summed E-state index contributed by atoms with van der Waals surface area (Å²) < 4.78 is 7.44. The van der Waals surface area contributed by atoms with Crippen LogP contribution in [0.1, 0.15) is 25.0 Å². The Morgan fingerprint density at radius 1 is 1.12 bits per heavy atom. The van der Waals surface area contributed by atoms with Crippen LogP contribution >= 0.6 is 0 Å². The number of amides is 1. The zero-order chi connectivity index (χ0) is 16.7. The highest BCUT2D eigenvalue weighted by atomic mass is 35.5. The van der Waals surface area contributed by atoms with Crippen LogP contribution in [0.3, 0.4) is 0 Å². The highest BCUT2D eigenvalue weighted by Gasteiger charge is 2.23. The van der Waals surface area contributed by atoms with Gasteiger partial charge in [0.1, 0.15) is 6.73 Å². The summed E-state index contributed by atoms with van der Waals surface area (Å²) in [4.78, 5) is 14.6. The van der Waals surface area contributed by atoms with E-state index >= 15 is 0 Å². The molecule has 0 aliphatic rings. The highest BCUT2D eigenvalue weighted by Crippen LogP contribution is 2.26. The van der Waals surface area contributed by atoms with E-state index in [1.807, 2.05) is 61.1 Å². The molecule has 1 heterocycles. The SMILES string of the molecule is CCOCN(C(=O)C[n+]1ccccc1)c1c(C)cccc1CC.[Cl-]. The van der Waals surface area contributed by atoms with E-state index in [0.717, 1.165) is 23.2 Å². The fraction of sp³-hybridized carbons (Fsp3) is 0.368. The van der Waals surface area contributed by atoms with E-state index in [1.165, 1.54) is 0 Å². The van der Waals surface area contributed by atoms with Gasteiger partial charge >= 0.3 is 0 Å². The first-order chi connectivity index (χ1) is 11.2. The lowest BCUT2D eigenvalue weighted by atomic mass is 10.0. The number of aromatic nitrogens is 1. The summed E-state index contributed by atoms with van der Waals surface area (Å²) in [5, 5.41) is 0. The normalized spacial score (nSPS) is 10.1. The summed E-state index contributed by atoms with van der Waals surface area (Å²) in [6, 6.07) is 11.9. The van der Waals surface area contributed by atoms with Crippen LogP contribution in [0.5, 0.6) is 0 Å². The molecule has 0 aliphatic heterocycles. The summed E-state index contributed by atoms with van der Waals surface area (Å²) in [5.74, 6) is 0.0265. The Labute approximate surface area is 150 Å². The van der Waals surface area contributed by atoms with E-state index in [9.17, 15) is 4.79 Å². The summed E-state index contributed by atoms with van der Waals surface area (Å²) in [5.41, 5.74) is 3.23. The molecule has 0 saturated heterocycles. The van der Waals surface area contributed by atoms with Gasteiger partial charge in [-0.15, -0.1) is 0 Å². The zero-order valence-electron chi connectivity index (χ0n) is 14.5. The van der Waals surface area contributed by atoms with Gasteiger partial charge in [0.25, 0.3) is 5.91 Å². The van der Waals surface area contributed by atoms with Gasteiger partial charge in [-0.3, -0.25) is 9.69 Å². The first-order valence-electron chi connectivity index (χ1n) is 8.08. The molecule has 0 bridgehead atoms. The third kappa shape index (κ3) is 5.05. The number of para-hydroxylation sites is 1. The summed E-state index contributed by atoms with van der Waals surface area (Å²) >= 11 is 0.